The molecule has 172 valence electrons. The minimum absolute atomic E-state index is 0.188. The maximum Gasteiger partial charge on any atom is 0.308 e. The maximum atomic E-state index is 11.6. The van der Waals surface area contributed by atoms with Crippen LogP contribution >= 0.6 is 0 Å². The molecule has 4 rings (SSSR count). The number of aryl methyl sites for hydroxylation is 1. The smallest absolute Gasteiger partial charge is 0.308 e. The van der Waals surface area contributed by atoms with E-state index in [-0.39, 0.29) is 17.4 Å². The number of hydrogen-bond acceptors (Lipinski definition) is 5. The molecule has 5 atom stereocenters. The predicted molar refractivity (Wildman–Crippen MR) is 121 cm³/mol. The highest BCUT2D eigenvalue weighted by atomic mass is 16.5. The Balaban J connectivity index is 1.47. The summed E-state index contributed by atoms with van der Waals surface area (Å²) in [6, 6.07) is 6.10. The summed E-state index contributed by atoms with van der Waals surface area (Å²) >= 11 is 0. The molecule has 1 aromatic carbocycles. The van der Waals surface area contributed by atoms with Crippen molar-refractivity contribution < 1.29 is 24.2 Å². The zero-order chi connectivity index (χ0) is 22.9. The van der Waals surface area contributed by atoms with Crippen LogP contribution in [0.2, 0.25) is 0 Å². The summed E-state index contributed by atoms with van der Waals surface area (Å²) in [7, 11) is 0. The van der Waals surface area contributed by atoms with E-state index in [2.05, 4.69) is 24.8 Å². The molecule has 2 fully saturated rings. The Kier molecular flexibility index (Phi) is 6.36. The highest BCUT2D eigenvalue weighted by Gasteiger charge is 2.61. The first-order valence-corrected chi connectivity index (χ1v) is 11.9. The van der Waals surface area contributed by atoms with E-state index in [0.29, 0.717) is 43.0 Å². The van der Waals surface area contributed by atoms with Crippen molar-refractivity contribution in [2.24, 2.45) is 17.3 Å². The molecule has 2 saturated carbocycles. The molecule has 1 aromatic rings. The molecule has 0 radical (unpaired) electrons. The number of ether oxygens (including phenoxy) is 2. The summed E-state index contributed by atoms with van der Waals surface area (Å²) in [4.78, 5) is 22.2. The van der Waals surface area contributed by atoms with Gasteiger partial charge in [-0.3, -0.25) is 9.59 Å². The fourth-order valence-corrected chi connectivity index (χ4v) is 6.59. The van der Waals surface area contributed by atoms with E-state index in [1.807, 2.05) is 12.1 Å². The Morgan fingerprint density at radius 2 is 1.97 bits per heavy atom. The molecule has 5 nitrogen and oxygen atoms in total. The first-order chi connectivity index (χ1) is 15.2. The van der Waals surface area contributed by atoms with E-state index in [1.165, 1.54) is 25.0 Å². The highest BCUT2D eigenvalue weighted by molar-refractivity contribution is 5.69. The van der Waals surface area contributed by atoms with E-state index in [1.54, 1.807) is 0 Å². The Morgan fingerprint density at radius 3 is 2.72 bits per heavy atom. The van der Waals surface area contributed by atoms with Crippen LogP contribution in [0, 0.1) is 29.1 Å². The van der Waals surface area contributed by atoms with Gasteiger partial charge < -0.3 is 14.6 Å². The van der Waals surface area contributed by atoms with Crippen LogP contribution < -0.4 is 4.74 Å². The Labute approximate surface area is 190 Å². The average Bonchev–Trinajstić information content (AvgIpc) is 3.00. The van der Waals surface area contributed by atoms with Gasteiger partial charge in [-0.05, 0) is 86.0 Å². The van der Waals surface area contributed by atoms with Gasteiger partial charge in [-0.15, -0.1) is 5.92 Å². The van der Waals surface area contributed by atoms with Crippen molar-refractivity contribution >= 4 is 11.9 Å². The normalized spacial score (nSPS) is 32.6. The number of carbonyl (C=O) groups is 2. The summed E-state index contributed by atoms with van der Waals surface area (Å²) in [5.41, 5.74) is 1.57. The number of unbranched alkanes of at least 4 members (excludes halogenated alkanes) is 1. The van der Waals surface area contributed by atoms with Crippen molar-refractivity contribution in [3.63, 3.8) is 0 Å². The van der Waals surface area contributed by atoms with Gasteiger partial charge in [0.25, 0.3) is 0 Å². The van der Waals surface area contributed by atoms with Crippen molar-refractivity contribution in [1.29, 1.82) is 0 Å². The number of carbonyl (C=O) groups excluding carboxylic acids is 2. The van der Waals surface area contributed by atoms with Gasteiger partial charge in [-0.1, -0.05) is 18.9 Å². The summed E-state index contributed by atoms with van der Waals surface area (Å²) in [5.74, 6) is 8.02. The molecule has 0 amide bonds. The monoisotopic (exact) mass is 438 g/mol. The molecule has 0 spiro atoms. The third-order valence-corrected chi connectivity index (χ3v) is 8.16. The SMILES string of the molecule is CC(=O)OCCCC#C[C@]1(O)CC[C@H]2[C@@H]3CCc4cc(OC(C)=O)ccc4[C@H]3CC[C@@]21C. The lowest BCUT2D eigenvalue weighted by Gasteiger charge is -2.52. The van der Waals surface area contributed by atoms with E-state index in [4.69, 9.17) is 9.47 Å². The second-order valence-corrected chi connectivity index (χ2v) is 9.97. The third kappa shape index (κ3) is 4.18. The van der Waals surface area contributed by atoms with Gasteiger partial charge in [0.05, 0.1) is 6.61 Å². The number of fused-ring (bicyclic) bond motifs is 5. The van der Waals surface area contributed by atoms with Gasteiger partial charge >= 0.3 is 11.9 Å². The standard InChI is InChI=1S/C27H34O5/c1-18(28)31-16-6-4-5-13-27(30)15-12-25-24-9-7-20-17-21(32-19(2)29)8-10-22(20)23(24)11-14-26(25,27)3/h8,10,17,23-25,30H,4,6-7,9,11-12,14-16H2,1-3H3/t23-,24-,25+,26+,27+/m1/s1. The van der Waals surface area contributed by atoms with Crippen LogP contribution in [0.25, 0.3) is 0 Å². The fourth-order valence-electron chi connectivity index (χ4n) is 6.59. The maximum absolute atomic E-state index is 11.6. The molecular formula is C27H34O5. The van der Waals surface area contributed by atoms with Crippen LogP contribution in [0.4, 0.5) is 0 Å². The van der Waals surface area contributed by atoms with E-state index >= 15 is 0 Å². The minimum Gasteiger partial charge on any atom is -0.466 e. The van der Waals surface area contributed by atoms with Gasteiger partial charge in [-0.25, -0.2) is 0 Å². The second-order valence-electron chi connectivity index (χ2n) is 9.97. The molecule has 3 aliphatic carbocycles. The van der Waals surface area contributed by atoms with Crippen LogP contribution in [0.3, 0.4) is 0 Å². The first-order valence-electron chi connectivity index (χ1n) is 11.9. The summed E-state index contributed by atoms with van der Waals surface area (Å²) in [6.07, 6.45) is 7.16. The van der Waals surface area contributed by atoms with Crippen LogP contribution in [0.1, 0.15) is 82.8 Å². The summed E-state index contributed by atoms with van der Waals surface area (Å²) in [6.45, 7) is 5.46. The van der Waals surface area contributed by atoms with Gasteiger partial charge in [0.2, 0.25) is 0 Å². The molecule has 32 heavy (non-hydrogen) atoms. The Morgan fingerprint density at radius 1 is 1.16 bits per heavy atom. The van der Waals surface area contributed by atoms with Crippen molar-refractivity contribution in [1.82, 2.24) is 0 Å². The van der Waals surface area contributed by atoms with E-state index < -0.39 is 5.60 Å². The lowest BCUT2D eigenvalue weighted by atomic mass is 9.53. The molecule has 0 aromatic heterocycles. The van der Waals surface area contributed by atoms with Crippen molar-refractivity contribution in [2.45, 2.75) is 83.7 Å². The van der Waals surface area contributed by atoms with Crippen molar-refractivity contribution in [3.8, 4) is 17.6 Å². The van der Waals surface area contributed by atoms with E-state index in [0.717, 1.165) is 38.5 Å². The average molecular weight is 439 g/mol. The minimum atomic E-state index is -0.941. The van der Waals surface area contributed by atoms with Crippen molar-refractivity contribution in [3.05, 3.63) is 29.3 Å². The van der Waals surface area contributed by atoms with Gasteiger partial charge in [0, 0.05) is 25.7 Å². The number of rotatable bonds is 4. The largest absolute Gasteiger partial charge is 0.466 e. The van der Waals surface area contributed by atoms with Crippen LogP contribution in [-0.2, 0) is 20.7 Å². The molecule has 3 aliphatic rings. The number of esters is 2. The van der Waals surface area contributed by atoms with Crippen molar-refractivity contribution in [2.75, 3.05) is 6.61 Å². The highest BCUT2D eigenvalue weighted by Crippen LogP contribution is 2.64. The van der Waals surface area contributed by atoms with Crippen LogP contribution in [0.15, 0.2) is 18.2 Å². The molecular weight excluding hydrogens is 404 g/mol. The van der Waals surface area contributed by atoms with Gasteiger partial charge in [-0.2, -0.15) is 0 Å². The Hall–Kier alpha value is -2.32. The topological polar surface area (TPSA) is 72.8 Å². The molecule has 0 saturated heterocycles. The number of aliphatic hydroxyl groups is 1. The second kappa shape index (κ2) is 8.90. The lowest BCUT2D eigenvalue weighted by Crippen LogP contribution is -2.50. The van der Waals surface area contributed by atoms with Crippen LogP contribution in [-0.4, -0.2) is 29.3 Å². The quantitative estimate of drug-likeness (QED) is 0.323. The fraction of sp³-hybridized carbons (Fsp3) is 0.630. The molecule has 0 heterocycles. The van der Waals surface area contributed by atoms with Gasteiger partial charge in [0.1, 0.15) is 11.4 Å². The zero-order valence-electron chi connectivity index (χ0n) is 19.4. The molecule has 0 bridgehead atoms. The third-order valence-electron chi connectivity index (χ3n) is 8.16. The predicted octanol–water partition coefficient (Wildman–Crippen LogP) is 4.55. The molecule has 5 heteroatoms. The Bertz CT molecular complexity index is 957. The van der Waals surface area contributed by atoms with Gasteiger partial charge in [0.15, 0.2) is 0 Å². The number of hydrogen-bond donors (Lipinski definition) is 1. The molecule has 1 N–H and O–H groups in total. The summed E-state index contributed by atoms with van der Waals surface area (Å²) in [5, 5.41) is 11.6. The number of benzene rings is 1. The molecule has 0 unspecified atom stereocenters. The lowest BCUT2D eigenvalue weighted by molar-refractivity contribution is -0.141. The zero-order valence-corrected chi connectivity index (χ0v) is 19.4. The summed E-state index contributed by atoms with van der Waals surface area (Å²) < 4.78 is 10.3. The van der Waals surface area contributed by atoms with E-state index in [9.17, 15) is 14.7 Å². The first kappa shape index (κ1) is 22.9. The van der Waals surface area contributed by atoms with Crippen LogP contribution in [0.5, 0.6) is 5.75 Å². The molecule has 0 aliphatic heterocycles.